The number of H-pyrrole nitrogens is 1. The zero-order chi connectivity index (χ0) is 17.3. The molecule has 4 nitrogen and oxygen atoms in total. The lowest BCUT2D eigenvalue weighted by Gasteiger charge is -2.08. The molecule has 1 heterocycles. The number of halogens is 1. The third-order valence-corrected chi connectivity index (χ3v) is 4.54. The van der Waals surface area contributed by atoms with Gasteiger partial charge in [-0.1, -0.05) is 23.7 Å². The number of rotatable bonds is 5. The number of phenolic OH excluding ortho intramolecular Hbond substituents is 1. The summed E-state index contributed by atoms with van der Waals surface area (Å²) in [5, 5.41) is 20.9. The number of carbonyl (C=O) groups is 1. The van der Waals surface area contributed by atoms with Gasteiger partial charge >= 0.3 is 5.97 Å². The summed E-state index contributed by atoms with van der Waals surface area (Å²) in [7, 11) is 0. The summed E-state index contributed by atoms with van der Waals surface area (Å²) in [4.78, 5) is 14.1. The van der Waals surface area contributed by atoms with Crippen LogP contribution >= 0.6 is 11.6 Å². The Morgan fingerprint density at radius 1 is 1.17 bits per heavy atom. The number of phenols is 1. The van der Waals surface area contributed by atoms with E-state index in [1.807, 2.05) is 37.3 Å². The van der Waals surface area contributed by atoms with E-state index in [0.717, 1.165) is 33.3 Å². The number of carboxylic acid groups (broad SMARTS) is 1. The lowest BCUT2D eigenvalue weighted by atomic mass is 9.97. The number of aromatic hydroxyl groups is 1. The molecule has 0 amide bonds. The number of hydrogen-bond acceptors (Lipinski definition) is 2. The second kappa shape index (κ2) is 6.57. The van der Waals surface area contributed by atoms with Crippen LogP contribution in [-0.2, 0) is 17.6 Å². The van der Waals surface area contributed by atoms with E-state index in [2.05, 4.69) is 4.98 Å². The predicted molar refractivity (Wildman–Crippen MR) is 94.9 cm³/mol. The van der Waals surface area contributed by atoms with Crippen LogP contribution in [0.2, 0.25) is 5.02 Å². The van der Waals surface area contributed by atoms with Gasteiger partial charge in [0.2, 0.25) is 0 Å². The fraction of sp³-hybridized carbons (Fsp3) is 0.211. The number of benzene rings is 2. The molecule has 2 aromatic carbocycles. The van der Waals surface area contributed by atoms with Crippen LogP contribution in [0.3, 0.4) is 0 Å². The summed E-state index contributed by atoms with van der Waals surface area (Å²) in [6.07, 6.45) is 1.10. The topological polar surface area (TPSA) is 73.3 Å². The summed E-state index contributed by atoms with van der Waals surface area (Å²) in [6.45, 7) is 1.96. The van der Waals surface area contributed by atoms with Gasteiger partial charge in [-0.25, -0.2) is 0 Å². The van der Waals surface area contributed by atoms with E-state index in [9.17, 15) is 9.90 Å². The lowest BCUT2D eigenvalue weighted by molar-refractivity contribution is -0.136. The summed E-state index contributed by atoms with van der Waals surface area (Å²) in [5.41, 5.74) is 4.69. The second-order valence-electron chi connectivity index (χ2n) is 5.91. The highest BCUT2D eigenvalue weighted by Crippen LogP contribution is 2.33. The molecule has 0 radical (unpaired) electrons. The number of carboxylic acids is 1. The van der Waals surface area contributed by atoms with Gasteiger partial charge in [-0.3, -0.25) is 4.79 Å². The van der Waals surface area contributed by atoms with Gasteiger partial charge in [-0.2, -0.15) is 0 Å². The van der Waals surface area contributed by atoms with Crippen molar-refractivity contribution < 1.29 is 15.0 Å². The number of hydrogen-bond donors (Lipinski definition) is 3. The Balaban J connectivity index is 2.04. The Morgan fingerprint density at radius 2 is 1.88 bits per heavy atom. The van der Waals surface area contributed by atoms with Gasteiger partial charge in [0.25, 0.3) is 0 Å². The first-order valence-corrected chi connectivity index (χ1v) is 8.11. The molecule has 0 spiro atoms. The van der Waals surface area contributed by atoms with Crippen LogP contribution in [0.25, 0.3) is 10.9 Å². The van der Waals surface area contributed by atoms with Crippen molar-refractivity contribution >= 4 is 28.5 Å². The molecule has 0 atom stereocenters. The van der Waals surface area contributed by atoms with E-state index in [1.54, 1.807) is 6.07 Å². The average molecular weight is 344 g/mol. The maximum Gasteiger partial charge on any atom is 0.303 e. The number of aliphatic carboxylic acids is 1. The minimum atomic E-state index is -0.822. The minimum absolute atomic E-state index is 0.0756. The van der Waals surface area contributed by atoms with Gasteiger partial charge in [0, 0.05) is 33.6 Å². The predicted octanol–water partition coefficient (Wildman–Crippen LogP) is 4.44. The fourth-order valence-electron chi connectivity index (χ4n) is 3.04. The zero-order valence-corrected chi connectivity index (χ0v) is 14.0. The van der Waals surface area contributed by atoms with Crippen molar-refractivity contribution in [2.75, 3.05) is 0 Å². The molecule has 0 aliphatic rings. The highest BCUT2D eigenvalue weighted by molar-refractivity contribution is 6.30. The largest absolute Gasteiger partial charge is 0.508 e. The van der Waals surface area contributed by atoms with Crippen molar-refractivity contribution in [2.24, 2.45) is 0 Å². The van der Waals surface area contributed by atoms with E-state index in [4.69, 9.17) is 16.7 Å². The van der Waals surface area contributed by atoms with Gasteiger partial charge in [0.05, 0.1) is 6.42 Å². The lowest BCUT2D eigenvalue weighted by Crippen LogP contribution is -1.98. The molecule has 24 heavy (non-hydrogen) atoms. The van der Waals surface area contributed by atoms with Gasteiger partial charge < -0.3 is 15.2 Å². The molecule has 3 rings (SSSR count). The molecule has 0 aliphatic heterocycles. The van der Waals surface area contributed by atoms with Crippen molar-refractivity contribution in [2.45, 2.75) is 26.2 Å². The highest BCUT2D eigenvalue weighted by atomic mass is 35.5. The summed E-state index contributed by atoms with van der Waals surface area (Å²) in [6, 6.07) is 11.0. The van der Waals surface area contributed by atoms with E-state index in [-0.39, 0.29) is 12.2 Å². The van der Waals surface area contributed by atoms with Crippen molar-refractivity contribution in [3.05, 3.63) is 63.8 Å². The van der Waals surface area contributed by atoms with E-state index >= 15 is 0 Å². The van der Waals surface area contributed by atoms with Crippen LogP contribution < -0.4 is 0 Å². The fourth-order valence-corrected chi connectivity index (χ4v) is 3.17. The molecule has 5 heteroatoms. The van der Waals surface area contributed by atoms with Crippen molar-refractivity contribution in [3.63, 3.8) is 0 Å². The molecular formula is C19H18ClNO3. The Morgan fingerprint density at radius 3 is 2.54 bits per heavy atom. The molecule has 124 valence electrons. The first-order chi connectivity index (χ1) is 11.5. The van der Waals surface area contributed by atoms with Gasteiger partial charge in [-0.15, -0.1) is 0 Å². The maximum atomic E-state index is 10.8. The van der Waals surface area contributed by atoms with E-state index in [0.29, 0.717) is 17.9 Å². The number of fused-ring (bicyclic) bond motifs is 1. The second-order valence-corrected chi connectivity index (χ2v) is 6.35. The van der Waals surface area contributed by atoms with Gasteiger partial charge in [0.1, 0.15) is 5.75 Å². The molecule has 0 saturated heterocycles. The first-order valence-electron chi connectivity index (χ1n) is 7.74. The summed E-state index contributed by atoms with van der Waals surface area (Å²) < 4.78 is 0. The number of aryl methyl sites for hydroxylation is 2. The molecule has 0 unspecified atom stereocenters. The Kier molecular flexibility index (Phi) is 4.49. The van der Waals surface area contributed by atoms with Crippen LogP contribution in [0.4, 0.5) is 0 Å². The Hall–Kier alpha value is -2.46. The molecule has 0 fully saturated rings. The third kappa shape index (κ3) is 3.24. The molecule has 0 bridgehead atoms. The van der Waals surface area contributed by atoms with Crippen molar-refractivity contribution in [1.82, 2.24) is 4.98 Å². The Bertz CT molecular complexity index is 897. The van der Waals surface area contributed by atoms with Crippen LogP contribution in [0.15, 0.2) is 36.4 Å². The smallest absolute Gasteiger partial charge is 0.303 e. The van der Waals surface area contributed by atoms with Gasteiger partial charge in [0.15, 0.2) is 0 Å². The average Bonchev–Trinajstić information content (AvgIpc) is 2.87. The third-order valence-electron chi connectivity index (χ3n) is 4.28. The molecule has 0 saturated carbocycles. The number of aromatic nitrogens is 1. The van der Waals surface area contributed by atoms with Crippen LogP contribution in [0.1, 0.15) is 28.8 Å². The quantitative estimate of drug-likeness (QED) is 0.641. The van der Waals surface area contributed by atoms with Crippen LogP contribution in [0, 0.1) is 6.92 Å². The molecule has 3 N–H and O–H groups in total. The van der Waals surface area contributed by atoms with Crippen LogP contribution in [-0.4, -0.2) is 21.2 Å². The molecular weight excluding hydrogens is 326 g/mol. The van der Waals surface area contributed by atoms with Crippen molar-refractivity contribution in [1.29, 1.82) is 0 Å². The Labute approximate surface area is 144 Å². The number of nitrogens with one attached hydrogen (secondary N) is 1. The SMILES string of the molecule is Cc1c(CCC(=O)O)[nH]c2ccc(O)c(Cc3ccc(Cl)cc3)c12. The molecule has 1 aromatic heterocycles. The summed E-state index contributed by atoms with van der Waals surface area (Å²) >= 11 is 5.93. The summed E-state index contributed by atoms with van der Waals surface area (Å²) in [5.74, 6) is -0.582. The minimum Gasteiger partial charge on any atom is -0.508 e. The van der Waals surface area contributed by atoms with Gasteiger partial charge in [-0.05, 0) is 48.7 Å². The first kappa shape index (κ1) is 16.4. The van der Waals surface area contributed by atoms with E-state index < -0.39 is 5.97 Å². The molecule has 0 aliphatic carbocycles. The zero-order valence-electron chi connectivity index (χ0n) is 13.3. The van der Waals surface area contributed by atoms with Crippen molar-refractivity contribution in [3.8, 4) is 5.75 Å². The monoisotopic (exact) mass is 343 g/mol. The molecule has 3 aromatic rings. The number of aromatic amines is 1. The van der Waals surface area contributed by atoms with Crippen LogP contribution in [0.5, 0.6) is 5.75 Å². The maximum absolute atomic E-state index is 10.8. The van der Waals surface area contributed by atoms with E-state index in [1.165, 1.54) is 0 Å². The highest BCUT2D eigenvalue weighted by Gasteiger charge is 2.15. The normalized spacial score (nSPS) is 11.1. The standard InChI is InChI=1S/C19H18ClNO3/c1-11-15(7-9-18(23)24)21-16-6-8-17(22)14(19(11)16)10-12-2-4-13(20)5-3-12/h2-6,8,21-22H,7,9-10H2,1H3,(H,23,24).